The van der Waals surface area contributed by atoms with E-state index in [2.05, 4.69) is 5.32 Å². The molecule has 2 fully saturated rings. The number of nitrogens with one attached hydrogen (secondary N) is 1. The molecule has 108 valence electrons. The molecule has 2 heterocycles. The van der Waals surface area contributed by atoms with E-state index in [9.17, 15) is 4.79 Å². The molecule has 0 saturated carbocycles. The Morgan fingerprint density at radius 2 is 2.15 bits per heavy atom. The van der Waals surface area contributed by atoms with Crippen LogP contribution in [-0.4, -0.2) is 36.1 Å². The van der Waals surface area contributed by atoms with Crippen molar-refractivity contribution in [1.82, 2.24) is 10.2 Å². The fourth-order valence-corrected chi connectivity index (χ4v) is 3.10. The smallest absolute Gasteiger partial charge is 0.241 e. The molecule has 2 aliphatic heterocycles. The van der Waals surface area contributed by atoms with Crippen LogP contribution in [0.5, 0.6) is 0 Å². The molecule has 0 spiro atoms. The molecule has 2 aliphatic rings. The molecule has 20 heavy (non-hydrogen) atoms. The summed E-state index contributed by atoms with van der Waals surface area (Å²) in [7, 11) is 0. The molecule has 4 nitrogen and oxygen atoms in total. The van der Waals surface area contributed by atoms with Crippen molar-refractivity contribution in [3.63, 3.8) is 0 Å². The molecule has 0 aromatic heterocycles. The highest BCUT2D eigenvalue weighted by Gasteiger charge is 2.43. The van der Waals surface area contributed by atoms with E-state index < -0.39 is 0 Å². The minimum atomic E-state index is -0.101. The maximum Gasteiger partial charge on any atom is 0.241 e. The van der Waals surface area contributed by atoms with E-state index >= 15 is 0 Å². The van der Waals surface area contributed by atoms with Gasteiger partial charge in [0.1, 0.15) is 6.17 Å². The summed E-state index contributed by atoms with van der Waals surface area (Å²) in [6, 6.07) is 7.77. The van der Waals surface area contributed by atoms with Gasteiger partial charge < -0.3 is 9.64 Å². The predicted octanol–water partition coefficient (Wildman–Crippen LogP) is 2.34. The summed E-state index contributed by atoms with van der Waals surface area (Å²) < 4.78 is 5.45. The third kappa shape index (κ3) is 2.43. The van der Waals surface area contributed by atoms with Crippen molar-refractivity contribution >= 4 is 17.5 Å². The second-order valence-corrected chi connectivity index (χ2v) is 5.78. The lowest BCUT2D eigenvalue weighted by Gasteiger charge is -2.29. The monoisotopic (exact) mass is 294 g/mol. The van der Waals surface area contributed by atoms with Crippen LogP contribution >= 0.6 is 11.6 Å². The van der Waals surface area contributed by atoms with Crippen molar-refractivity contribution in [2.24, 2.45) is 0 Å². The van der Waals surface area contributed by atoms with Gasteiger partial charge in [0.05, 0.1) is 18.7 Å². The normalized spacial score (nSPS) is 30.2. The Morgan fingerprint density at radius 1 is 1.40 bits per heavy atom. The van der Waals surface area contributed by atoms with E-state index in [0.717, 1.165) is 25.0 Å². The van der Waals surface area contributed by atoms with E-state index in [1.807, 2.05) is 36.1 Å². The van der Waals surface area contributed by atoms with Gasteiger partial charge in [0.15, 0.2) is 0 Å². The number of rotatable bonds is 3. The van der Waals surface area contributed by atoms with Crippen molar-refractivity contribution in [3.8, 4) is 0 Å². The molecule has 0 radical (unpaired) electrons. The van der Waals surface area contributed by atoms with Gasteiger partial charge in [-0.05, 0) is 30.5 Å². The summed E-state index contributed by atoms with van der Waals surface area (Å²) in [6.45, 7) is 3.40. The summed E-state index contributed by atoms with van der Waals surface area (Å²) in [4.78, 5) is 14.5. The third-order valence-corrected chi connectivity index (χ3v) is 4.33. The molecular weight excluding hydrogens is 276 g/mol. The molecule has 1 aromatic rings. The Morgan fingerprint density at radius 3 is 2.75 bits per heavy atom. The van der Waals surface area contributed by atoms with Gasteiger partial charge in [0.2, 0.25) is 5.91 Å². The molecule has 3 atom stereocenters. The van der Waals surface area contributed by atoms with Gasteiger partial charge in [-0.3, -0.25) is 10.1 Å². The lowest BCUT2D eigenvalue weighted by molar-refractivity contribution is -0.132. The Hall–Kier alpha value is -1.10. The van der Waals surface area contributed by atoms with Crippen LogP contribution in [-0.2, 0) is 9.53 Å². The lowest BCUT2D eigenvalue weighted by atomic mass is 10.1. The first-order chi connectivity index (χ1) is 9.70. The number of carbonyl (C=O) groups is 1. The third-order valence-electron chi connectivity index (χ3n) is 4.08. The number of halogens is 1. The zero-order valence-electron chi connectivity index (χ0n) is 11.5. The van der Waals surface area contributed by atoms with E-state index in [-0.39, 0.29) is 24.2 Å². The number of hydrogen-bond acceptors (Lipinski definition) is 3. The summed E-state index contributed by atoms with van der Waals surface area (Å²) >= 11 is 5.95. The molecular formula is C15H19ClN2O2. The van der Waals surface area contributed by atoms with Gasteiger partial charge in [-0.25, -0.2) is 0 Å². The second-order valence-electron chi connectivity index (χ2n) is 5.34. The highest BCUT2D eigenvalue weighted by Crippen LogP contribution is 2.31. The van der Waals surface area contributed by atoms with Crippen molar-refractivity contribution in [1.29, 1.82) is 0 Å². The number of hydrogen-bond donors (Lipinski definition) is 1. The molecule has 2 saturated heterocycles. The van der Waals surface area contributed by atoms with Crippen molar-refractivity contribution in [2.45, 2.75) is 38.0 Å². The van der Waals surface area contributed by atoms with Gasteiger partial charge in [0, 0.05) is 11.6 Å². The molecule has 1 aromatic carbocycles. The molecule has 0 aliphatic carbocycles. The van der Waals surface area contributed by atoms with E-state index in [1.54, 1.807) is 0 Å². The quantitative estimate of drug-likeness (QED) is 0.930. The topological polar surface area (TPSA) is 41.6 Å². The molecule has 1 amide bonds. The highest BCUT2D eigenvalue weighted by atomic mass is 35.5. The van der Waals surface area contributed by atoms with E-state index in [0.29, 0.717) is 11.6 Å². The number of amides is 1. The Bertz CT molecular complexity index is 485. The second kappa shape index (κ2) is 5.72. The fraction of sp³-hybridized carbons (Fsp3) is 0.533. The fourth-order valence-electron chi connectivity index (χ4n) is 2.98. The van der Waals surface area contributed by atoms with Crippen LogP contribution < -0.4 is 5.32 Å². The van der Waals surface area contributed by atoms with Crippen molar-refractivity contribution in [2.75, 3.05) is 13.2 Å². The van der Waals surface area contributed by atoms with Crippen LogP contribution in [0.25, 0.3) is 0 Å². The Balaban J connectivity index is 1.89. The largest absolute Gasteiger partial charge is 0.379 e. The molecule has 0 bridgehead atoms. The first-order valence-electron chi connectivity index (χ1n) is 7.12. The summed E-state index contributed by atoms with van der Waals surface area (Å²) in [6.07, 6.45) is 1.64. The van der Waals surface area contributed by atoms with E-state index in [4.69, 9.17) is 16.3 Å². The SMILES string of the molecule is CCC1NC(c2ccc(Cl)cc2)N(C2CCOC2)C1=O. The molecule has 1 N–H and O–H groups in total. The number of nitrogens with zero attached hydrogens (tertiary/aromatic N) is 1. The minimum Gasteiger partial charge on any atom is -0.379 e. The van der Waals surface area contributed by atoms with Gasteiger partial charge in [-0.15, -0.1) is 0 Å². The van der Waals surface area contributed by atoms with E-state index in [1.165, 1.54) is 0 Å². The maximum atomic E-state index is 12.6. The standard InChI is InChI=1S/C15H19ClN2O2/c1-2-13-15(19)18(12-7-8-20-9-12)14(17-13)10-3-5-11(16)6-4-10/h3-6,12-14,17H,2,7-9H2,1H3. The molecule has 3 rings (SSSR count). The zero-order chi connectivity index (χ0) is 14.1. The van der Waals surface area contributed by atoms with Crippen LogP contribution in [0, 0.1) is 0 Å². The Kier molecular flexibility index (Phi) is 3.96. The first kappa shape index (κ1) is 13.9. The number of benzene rings is 1. The zero-order valence-corrected chi connectivity index (χ0v) is 12.3. The molecule has 3 unspecified atom stereocenters. The van der Waals surface area contributed by atoms with Crippen LogP contribution in [0.4, 0.5) is 0 Å². The first-order valence-corrected chi connectivity index (χ1v) is 7.50. The van der Waals surface area contributed by atoms with Gasteiger partial charge >= 0.3 is 0 Å². The van der Waals surface area contributed by atoms with Gasteiger partial charge in [-0.2, -0.15) is 0 Å². The van der Waals surface area contributed by atoms with Crippen LogP contribution in [0.1, 0.15) is 31.5 Å². The number of ether oxygens (including phenoxy) is 1. The summed E-state index contributed by atoms with van der Waals surface area (Å²) in [5.41, 5.74) is 1.07. The average molecular weight is 295 g/mol. The van der Waals surface area contributed by atoms with Crippen LogP contribution in [0.2, 0.25) is 5.02 Å². The number of carbonyl (C=O) groups excluding carboxylic acids is 1. The van der Waals surface area contributed by atoms with Crippen LogP contribution in [0.15, 0.2) is 24.3 Å². The summed E-state index contributed by atoms with van der Waals surface area (Å²) in [5.74, 6) is 0.183. The minimum absolute atomic E-state index is 0.0728. The predicted molar refractivity (Wildman–Crippen MR) is 77.5 cm³/mol. The van der Waals surface area contributed by atoms with Crippen LogP contribution in [0.3, 0.4) is 0 Å². The van der Waals surface area contributed by atoms with Crippen molar-refractivity contribution in [3.05, 3.63) is 34.9 Å². The van der Waals surface area contributed by atoms with Gasteiger partial charge in [0.25, 0.3) is 0 Å². The van der Waals surface area contributed by atoms with Crippen molar-refractivity contribution < 1.29 is 9.53 Å². The maximum absolute atomic E-state index is 12.6. The highest BCUT2D eigenvalue weighted by molar-refractivity contribution is 6.30. The van der Waals surface area contributed by atoms with Gasteiger partial charge in [-0.1, -0.05) is 30.7 Å². The summed E-state index contributed by atoms with van der Waals surface area (Å²) in [5, 5.41) is 4.14. The Labute approximate surface area is 124 Å². The average Bonchev–Trinajstić information content (AvgIpc) is 3.07. The lowest BCUT2D eigenvalue weighted by Crippen LogP contribution is -2.40. The molecule has 5 heteroatoms.